The van der Waals surface area contributed by atoms with Gasteiger partial charge in [0, 0.05) is 32.0 Å². The molecule has 0 aromatic carbocycles. The van der Waals surface area contributed by atoms with Gasteiger partial charge in [-0.05, 0) is 7.05 Å². The van der Waals surface area contributed by atoms with Gasteiger partial charge in [-0.1, -0.05) is 0 Å². The smallest absolute Gasteiger partial charge is 0.374 e. The summed E-state index contributed by atoms with van der Waals surface area (Å²) < 4.78 is 43.8. The number of rotatable bonds is 5. The van der Waals surface area contributed by atoms with Crippen LogP contribution >= 0.6 is 0 Å². The van der Waals surface area contributed by atoms with Crippen LogP contribution in [-0.4, -0.2) is 60.0 Å². The Bertz CT molecular complexity index is 421. The maximum absolute atomic E-state index is 12.4. The van der Waals surface area contributed by atoms with Gasteiger partial charge in [-0.15, -0.1) is 0 Å². The molecule has 1 fully saturated rings. The van der Waals surface area contributed by atoms with Crippen molar-refractivity contribution in [2.24, 2.45) is 0 Å². The highest BCUT2D eigenvalue weighted by molar-refractivity contribution is 4.93. The number of alkyl halides is 3. The van der Waals surface area contributed by atoms with Crippen molar-refractivity contribution in [2.75, 3.05) is 33.3 Å². The van der Waals surface area contributed by atoms with E-state index in [1.165, 1.54) is 12.4 Å². The minimum Gasteiger partial charge on any atom is -0.374 e. The molecule has 20 heavy (non-hydrogen) atoms. The van der Waals surface area contributed by atoms with E-state index in [0.717, 1.165) is 17.7 Å². The number of likely N-dealkylation sites (N-methyl/N-ethyl adjacent to an activating group) is 1. The summed E-state index contributed by atoms with van der Waals surface area (Å²) in [4.78, 5) is 6.11. The highest BCUT2D eigenvalue weighted by Crippen LogP contribution is 2.18. The van der Waals surface area contributed by atoms with Gasteiger partial charge in [0.15, 0.2) is 0 Å². The van der Waals surface area contributed by atoms with E-state index in [4.69, 9.17) is 4.74 Å². The Morgan fingerprint density at radius 1 is 1.50 bits per heavy atom. The molecule has 1 atom stereocenters. The van der Waals surface area contributed by atoms with E-state index in [9.17, 15) is 13.2 Å². The van der Waals surface area contributed by atoms with Gasteiger partial charge >= 0.3 is 6.18 Å². The van der Waals surface area contributed by atoms with Gasteiger partial charge in [-0.3, -0.25) is 0 Å². The van der Waals surface area contributed by atoms with Gasteiger partial charge in [-0.2, -0.15) is 13.2 Å². The number of hydrogen-bond acceptors (Lipinski definition) is 4. The Morgan fingerprint density at radius 2 is 2.30 bits per heavy atom. The van der Waals surface area contributed by atoms with Crippen molar-refractivity contribution in [1.82, 2.24) is 19.8 Å². The summed E-state index contributed by atoms with van der Waals surface area (Å²) in [5.74, 6) is 0.381. The van der Waals surface area contributed by atoms with Crippen molar-refractivity contribution in [3.05, 3.63) is 18.2 Å². The van der Waals surface area contributed by atoms with Crippen LogP contribution in [0.5, 0.6) is 0 Å². The number of hydrogen-bond donors (Lipinski definition) is 1. The molecule has 0 saturated carbocycles. The fourth-order valence-corrected chi connectivity index (χ4v) is 2.18. The zero-order valence-corrected chi connectivity index (χ0v) is 11.4. The van der Waals surface area contributed by atoms with Crippen LogP contribution in [0.25, 0.3) is 0 Å². The van der Waals surface area contributed by atoms with Crippen molar-refractivity contribution in [2.45, 2.75) is 25.4 Å². The molecule has 1 aliphatic rings. The lowest BCUT2D eigenvalue weighted by atomic mass is 10.3. The molecular formula is C12H19F3N4O. The number of aromatic nitrogens is 2. The van der Waals surface area contributed by atoms with E-state index in [2.05, 4.69) is 15.2 Å². The third kappa shape index (κ3) is 4.77. The minimum atomic E-state index is -4.23. The minimum absolute atomic E-state index is 0.0692. The Morgan fingerprint density at radius 3 is 3.00 bits per heavy atom. The van der Waals surface area contributed by atoms with E-state index in [-0.39, 0.29) is 6.10 Å². The van der Waals surface area contributed by atoms with Crippen LogP contribution in [0.1, 0.15) is 5.82 Å². The number of nitrogens with zero attached hydrogens (tertiary/aromatic N) is 3. The summed E-state index contributed by atoms with van der Waals surface area (Å²) in [6.45, 7) is 2.31. The normalized spacial score (nSPS) is 21.3. The molecule has 0 bridgehead atoms. The predicted molar refractivity (Wildman–Crippen MR) is 67.2 cm³/mol. The molecule has 114 valence electrons. The lowest BCUT2D eigenvalue weighted by Gasteiger charge is -2.30. The van der Waals surface area contributed by atoms with Crippen LogP contribution in [0.4, 0.5) is 13.2 Å². The Labute approximate surface area is 115 Å². The van der Waals surface area contributed by atoms with Gasteiger partial charge < -0.3 is 19.5 Å². The third-order valence-corrected chi connectivity index (χ3v) is 3.15. The molecule has 1 N–H and O–H groups in total. The van der Waals surface area contributed by atoms with E-state index in [0.29, 0.717) is 25.5 Å². The Kier molecular flexibility index (Phi) is 5.00. The number of ether oxygens (including phenoxy) is 1. The lowest BCUT2D eigenvalue weighted by molar-refractivity contribution is -0.141. The molecule has 1 saturated heterocycles. The quantitative estimate of drug-likeness (QED) is 0.874. The molecule has 5 nitrogen and oxygen atoms in total. The SMILES string of the molecule is CN1CCO[C@H](CNCc2nccn2CC(F)(F)F)C1. The largest absolute Gasteiger partial charge is 0.406 e. The first-order valence-corrected chi connectivity index (χ1v) is 6.51. The molecule has 1 aromatic rings. The molecule has 0 radical (unpaired) electrons. The van der Waals surface area contributed by atoms with E-state index in [1.807, 2.05) is 7.05 Å². The van der Waals surface area contributed by atoms with E-state index in [1.54, 1.807) is 0 Å². The molecular weight excluding hydrogens is 273 g/mol. The molecule has 8 heteroatoms. The van der Waals surface area contributed by atoms with Gasteiger partial charge in [0.05, 0.1) is 19.3 Å². The van der Waals surface area contributed by atoms with Crippen molar-refractivity contribution in [1.29, 1.82) is 0 Å². The lowest BCUT2D eigenvalue weighted by Crippen LogP contribution is -2.44. The van der Waals surface area contributed by atoms with Crippen LogP contribution in [0.3, 0.4) is 0 Å². The summed E-state index contributed by atoms with van der Waals surface area (Å²) >= 11 is 0. The zero-order chi connectivity index (χ0) is 14.6. The molecule has 2 heterocycles. The number of halogens is 3. The maximum atomic E-state index is 12.4. The van der Waals surface area contributed by atoms with Gasteiger partial charge in [0.1, 0.15) is 12.4 Å². The van der Waals surface area contributed by atoms with Crippen LogP contribution < -0.4 is 5.32 Å². The predicted octanol–water partition coefficient (Wildman–Crippen LogP) is 0.866. The topological polar surface area (TPSA) is 42.3 Å². The maximum Gasteiger partial charge on any atom is 0.406 e. The second-order valence-corrected chi connectivity index (χ2v) is 4.97. The summed E-state index contributed by atoms with van der Waals surface area (Å²) in [5.41, 5.74) is 0. The van der Waals surface area contributed by atoms with Crippen LogP contribution in [-0.2, 0) is 17.8 Å². The summed E-state index contributed by atoms with van der Waals surface area (Å²) in [5, 5.41) is 3.10. The fraction of sp³-hybridized carbons (Fsp3) is 0.750. The van der Waals surface area contributed by atoms with Crippen molar-refractivity contribution in [3.63, 3.8) is 0 Å². The monoisotopic (exact) mass is 292 g/mol. The zero-order valence-electron chi connectivity index (χ0n) is 11.4. The second kappa shape index (κ2) is 6.55. The van der Waals surface area contributed by atoms with Crippen LogP contribution in [0.15, 0.2) is 12.4 Å². The second-order valence-electron chi connectivity index (χ2n) is 4.97. The molecule has 1 aliphatic heterocycles. The van der Waals surface area contributed by atoms with E-state index >= 15 is 0 Å². The van der Waals surface area contributed by atoms with Crippen molar-refractivity contribution >= 4 is 0 Å². The molecule has 2 rings (SSSR count). The van der Waals surface area contributed by atoms with Gasteiger partial charge in [0.2, 0.25) is 0 Å². The molecule has 0 amide bonds. The fourth-order valence-electron chi connectivity index (χ4n) is 2.18. The highest BCUT2D eigenvalue weighted by atomic mass is 19.4. The summed E-state index contributed by atoms with van der Waals surface area (Å²) in [7, 11) is 2.02. The Hall–Kier alpha value is -1.12. The average Bonchev–Trinajstić information content (AvgIpc) is 2.74. The molecule has 0 spiro atoms. The number of morpholine rings is 1. The molecule has 0 aliphatic carbocycles. The molecule has 0 unspecified atom stereocenters. The van der Waals surface area contributed by atoms with Crippen LogP contribution in [0.2, 0.25) is 0 Å². The third-order valence-electron chi connectivity index (χ3n) is 3.15. The average molecular weight is 292 g/mol. The first kappa shape index (κ1) is 15.3. The summed E-state index contributed by atoms with van der Waals surface area (Å²) in [6, 6.07) is 0. The number of nitrogens with one attached hydrogen (secondary N) is 1. The first-order chi connectivity index (χ1) is 9.44. The van der Waals surface area contributed by atoms with Crippen molar-refractivity contribution < 1.29 is 17.9 Å². The van der Waals surface area contributed by atoms with Crippen LogP contribution in [0, 0.1) is 0 Å². The molecule has 1 aromatic heterocycles. The highest BCUT2D eigenvalue weighted by Gasteiger charge is 2.28. The van der Waals surface area contributed by atoms with Gasteiger partial charge in [0.25, 0.3) is 0 Å². The van der Waals surface area contributed by atoms with Crippen molar-refractivity contribution in [3.8, 4) is 0 Å². The first-order valence-electron chi connectivity index (χ1n) is 6.51. The number of imidazole rings is 1. The van der Waals surface area contributed by atoms with Gasteiger partial charge in [-0.25, -0.2) is 4.98 Å². The van der Waals surface area contributed by atoms with E-state index < -0.39 is 12.7 Å². The summed E-state index contributed by atoms with van der Waals surface area (Å²) in [6.07, 6.45) is -1.44. The standard InChI is InChI=1S/C12H19F3N4O/c1-18-4-5-20-10(8-18)6-16-7-11-17-2-3-19(11)9-12(13,14)15/h2-3,10,16H,4-9H2,1H3/t10-/m1/s1. The Balaban J connectivity index is 1.78.